The summed E-state index contributed by atoms with van der Waals surface area (Å²) in [7, 11) is 0. The summed E-state index contributed by atoms with van der Waals surface area (Å²) in [4.78, 5) is 27.0. The monoisotopic (exact) mass is 1470 g/mol. The van der Waals surface area contributed by atoms with E-state index in [0.29, 0.717) is 11.8 Å². The Bertz CT molecular complexity index is 5640. The van der Waals surface area contributed by atoms with Crippen LogP contribution < -0.4 is 9.47 Å². The van der Waals surface area contributed by atoms with Crippen molar-refractivity contribution in [3.8, 4) is 33.8 Å². The van der Waals surface area contributed by atoms with Crippen LogP contribution in [-0.4, -0.2) is 24.8 Å². The van der Waals surface area contributed by atoms with E-state index in [-0.39, 0.29) is 11.6 Å². The van der Waals surface area contributed by atoms with Gasteiger partial charge in [0.1, 0.15) is 11.5 Å². The predicted molar refractivity (Wildman–Crippen MR) is 483 cm³/mol. The zero-order valence-electron chi connectivity index (χ0n) is 67.3. The van der Waals surface area contributed by atoms with Gasteiger partial charge < -0.3 is 9.47 Å². The second-order valence-electron chi connectivity index (χ2n) is 33.8. The van der Waals surface area contributed by atoms with Gasteiger partial charge in [0, 0.05) is 65.3 Å². The topological polar surface area (TPSA) is 52.6 Å². The highest BCUT2D eigenvalue weighted by molar-refractivity contribution is 6.44. The second kappa shape index (κ2) is 34.4. The second-order valence-corrected chi connectivity index (χ2v) is 33.8. The summed E-state index contributed by atoms with van der Waals surface area (Å²) >= 11 is 0. The van der Waals surface area contributed by atoms with Gasteiger partial charge in [-0.05, 0) is 170 Å². The van der Waals surface area contributed by atoms with E-state index in [1.165, 1.54) is 292 Å². The number of unbranched alkanes of at least 4 members (excludes halogenated alkanes) is 24. The number of ketones is 2. The molecule has 0 N–H and O–H groups in total. The highest BCUT2D eigenvalue weighted by atomic mass is 16.5. The van der Waals surface area contributed by atoms with Gasteiger partial charge in [-0.1, -0.05) is 377 Å². The van der Waals surface area contributed by atoms with Gasteiger partial charge in [0.15, 0.2) is 11.6 Å². The molecule has 4 nitrogen and oxygen atoms in total. The molecule has 0 saturated heterocycles. The van der Waals surface area contributed by atoms with Crippen LogP contribution in [0, 0.1) is 11.8 Å². The van der Waals surface area contributed by atoms with Crippen LogP contribution >= 0.6 is 0 Å². The third kappa shape index (κ3) is 14.2. The number of ether oxygens (including phenoxy) is 2. The zero-order chi connectivity index (χ0) is 76.0. The van der Waals surface area contributed by atoms with E-state index in [1.54, 1.807) is 0 Å². The van der Waals surface area contributed by atoms with Gasteiger partial charge in [0.25, 0.3) is 0 Å². The Hall–Kier alpha value is -9.64. The Balaban J connectivity index is 0.000000207. The van der Waals surface area contributed by atoms with Crippen molar-refractivity contribution in [2.24, 2.45) is 11.8 Å². The fraction of sp³-hybridized carbons (Fsp3) is 0.370. The molecule has 16 aromatic rings. The third-order valence-corrected chi connectivity index (χ3v) is 26.4. The molecule has 4 heteroatoms. The maximum absolute atomic E-state index is 13.5. The van der Waals surface area contributed by atoms with Crippen molar-refractivity contribution in [1.82, 2.24) is 0 Å². The fourth-order valence-electron chi connectivity index (χ4n) is 20.6. The fourth-order valence-corrected chi connectivity index (χ4v) is 20.6. The molecule has 112 heavy (non-hydrogen) atoms. The smallest absolute Gasteiger partial charge is 0.194 e. The average molecular weight is 1480 g/mol. The van der Waals surface area contributed by atoms with Gasteiger partial charge in [-0.2, -0.15) is 0 Å². The molecule has 2 aliphatic rings. The molecule has 0 fully saturated rings. The van der Waals surface area contributed by atoms with Gasteiger partial charge in [-0.15, -0.1) is 0 Å². The quantitative estimate of drug-likeness (QED) is 0.0220. The molecule has 2 aliphatic carbocycles. The van der Waals surface area contributed by atoms with Gasteiger partial charge in [0.05, 0.1) is 13.2 Å². The summed E-state index contributed by atoms with van der Waals surface area (Å²) in [6.45, 7) is 10.9. The summed E-state index contributed by atoms with van der Waals surface area (Å²) in [6, 6.07) is 70.3. The molecule has 0 saturated carbocycles. The molecule has 0 aromatic heterocycles. The molecular formula is C108H114O4. The lowest BCUT2D eigenvalue weighted by atomic mass is 9.77. The number of fused-ring (bicyclic) bond motifs is 12. The van der Waals surface area contributed by atoms with E-state index < -0.39 is 0 Å². The van der Waals surface area contributed by atoms with Crippen LogP contribution in [0.1, 0.15) is 265 Å². The Morgan fingerprint density at radius 2 is 0.420 bits per heavy atom. The van der Waals surface area contributed by atoms with E-state index in [1.807, 2.05) is 60.7 Å². The van der Waals surface area contributed by atoms with E-state index in [4.69, 9.17) is 9.47 Å². The molecule has 18 rings (SSSR count). The predicted octanol–water partition coefficient (Wildman–Crippen LogP) is 32.5. The molecule has 0 radical (unpaired) electrons. The highest BCUT2D eigenvalue weighted by Crippen LogP contribution is 2.54. The van der Waals surface area contributed by atoms with Gasteiger partial charge in [-0.25, -0.2) is 0 Å². The van der Waals surface area contributed by atoms with E-state index >= 15 is 0 Å². The summed E-state index contributed by atoms with van der Waals surface area (Å²) in [5, 5.41) is 29.9. The first-order valence-electron chi connectivity index (χ1n) is 44.3. The summed E-state index contributed by atoms with van der Waals surface area (Å²) in [5.41, 5.74) is 7.27. The first-order chi connectivity index (χ1) is 55.4. The van der Waals surface area contributed by atoms with Crippen molar-refractivity contribution < 1.29 is 19.1 Å². The number of carbonyl (C=O) groups is 2. The maximum Gasteiger partial charge on any atom is 0.194 e. The van der Waals surface area contributed by atoms with Crippen LogP contribution in [0.15, 0.2) is 194 Å². The van der Waals surface area contributed by atoms with Crippen LogP contribution in [0.3, 0.4) is 0 Å². The van der Waals surface area contributed by atoms with Crippen LogP contribution in [0.2, 0.25) is 0 Å². The SMILES string of the molecule is CCCCCCCCCCC(CCCCCCCC)COc1c2ccccc2c2ccc3c4ccc5c6ccccc6c(OCC(CCCCCCCC)CCCCCCCCCC)c6ccc(c7ccc1c2c73)c4c65.O=C1c2ccccc2-c2ccc3c4ccc5c6c(ccc(c7ccc1c2c73)c64)C(=O)c1ccccc1-5. The van der Waals surface area contributed by atoms with Crippen LogP contribution in [-0.2, 0) is 0 Å². The molecule has 570 valence electrons. The normalized spacial score (nSPS) is 13.3. The van der Waals surface area contributed by atoms with Crippen molar-refractivity contribution in [1.29, 1.82) is 0 Å². The molecule has 0 bridgehead atoms. The van der Waals surface area contributed by atoms with E-state index in [2.05, 4.69) is 161 Å². The van der Waals surface area contributed by atoms with Crippen molar-refractivity contribution >= 4 is 141 Å². The van der Waals surface area contributed by atoms with Crippen LogP contribution in [0.4, 0.5) is 0 Å². The average Bonchev–Trinajstić information content (AvgIpc) is 0.692. The summed E-state index contributed by atoms with van der Waals surface area (Å²) in [6.07, 6.45) is 43.1. The largest absolute Gasteiger partial charge is 0.492 e. The van der Waals surface area contributed by atoms with Crippen molar-refractivity contribution in [3.63, 3.8) is 0 Å². The summed E-state index contributed by atoms with van der Waals surface area (Å²) < 4.78 is 14.6. The first-order valence-corrected chi connectivity index (χ1v) is 44.3. The zero-order valence-corrected chi connectivity index (χ0v) is 67.3. The van der Waals surface area contributed by atoms with Gasteiger partial charge in [-0.3, -0.25) is 9.59 Å². The van der Waals surface area contributed by atoms with Crippen LogP contribution in [0.25, 0.3) is 152 Å². The Morgan fingerprint density at radius 3 is 0.732 bits per heavy atom. The number of rotatable bonds is 38. The molecular weight excluding hydrogens is 1360 g/mol. The molecule has 0 aliphatic heterocycles. The number of hydrogen-bond acceptors (Lipinski definition) is 4. The number of carbonyl (C=O) groups excluding carboxylic acids is 2. The van der Waals surface area contributed by atoms with Crippen molar-refractivity contribution in [2.75, 3.05) is 13.2 Å². The third-order valence-electron chi connectivity index (χ3n) is 26.4. The van der Waals surface area contributed by atoms with Gasteiger partial charge >= 0.3 is 0 Å². The number of benzene rings is 16. The highest BCUT2D eigenvalue weighted by Gasteiger charge is 2.32. The summed E-state index contributed by atoms with van der Waals surface area (Å²) in [5.74, 6) is 3.49. The van der Waals surface area contributed by atoms with Crippen LogP contribution in [0.5, 0.6) is 11.5 Å². The Morgan fingerprint density at radius 1 is 0.196 bits per heavy atom. The minimum absolute atomic E-state index is 0.0834. The molecule has 0 amide bonds. The molecule has 16 aromatic carbocycles. The lowest BCUT2D eigenvalue weighted by Gasteiger charge is -2.25. The molecule has 0 heterocycles. The maximum atomic E-state index is 13.5. The Labute approximate surface area is 664 Å². The lowest BCUT2D eigenvalue weighted by Crippen LogP contribution is -2.13. The Kier molecular flexibility index (Phi) is 23.0. The lowest BCUT2D eigenvalue weighted by molar-refractivity contribution is 0.103. The van der Waals surface area contributed by atoms with E-state index in [0.717, 1.165) is 112 Å². The molecule has 2 atom stereocenters. The molecule has 0 spiro atoms. The van der Waals surface area contributed by atoms with Crippen molar-refractivity contribution in [3.05, 3.63) is 216 Å². The van der Waals surface area contributed by atoms with Gasteiger partial charge in [0.2, 0.25) is 0 Å². The molecule has 2 unspecified atom stereocenters. The van der Waals surface area contributed by atoms with Crippen molar-refractivity contribution in [2.45, 2.75) is 233 Å². The minimum atomic E-state index is 0.0834. The van der Waals surface area contributed by atoms with E-state index in [9.17, 15) is 9.59 Å². The minimum Gasteiger partial charge on any atom is -0.492 e. The number of hydrogen-bond donors (Lipinski definition) is 0. The first kappa shape index (κ1) is 75.1. The standard InChI is InChI=1S/C74H98O2.C34H16O2/c1-5-9-13-17-21-23-27-31-39-55(37-29-25-19-15-11-7-3)53-75-73-65-43-35-33-41-57(65)59-45-47-61-62-48-46-60-58-42-34-36-44-66(58)74(68-52-50-64(70(62)72(60)68)63-49-51-67(73)71(59)69(61)63)76-54-56(38-30-26-20-16-12-8-4)40-32-28-24-22-18-14-10-6-2;35-33-25-7-3-1-5-17(25)19-9-11-21-22-12-10-20-18-6-2-4-8-26(18)34(36)28-16-14-24(30(22)32(20)28)23-13-15-27(33)31(19)29(21)23/h33-36,41-52,55-56H,5-32,37-40,53-54H2,1-4H3;1-16H.